The van der Waals surface area contributed by atoms with E-state index in [-0.39, 0.29) is 28.3 Å². The number of rotatable bonds is 1. The summed E-state index contributed by atoms with van der Waals surface area (Å²) < 4.78 is 7.44. The minimum Gasteiger partial charge on any atom is -0.465 e. The molecule has 3 nitrogen and oxygen atoms in total. The van der Waals surface area contributed by atoms with Crippen LogP contribution in [-0.4, -0.2) is 11.6 Å². The molecule has 0 unspecified atom stereocenters. The van der Waals surface area contributed by atoms with Crippen LogP contribution in [0, 0.1) is 14.4 Å². The zero-order valence-corrected chi connectivity index (χ0v) is 18.5. The summed E-state index contributed by atoms with van der Waals surface area (Å²) in [6.45, 7) is 8.44. The van der Waals surface area contributed by atoms with Crippen LogP contribution in [0.2, 0.25) is 0 Å². The van der Waals surface area contributed by atoms with Gasteiger partial charge in [0.25, 0.3) is 0 Å². The minimum atomic E-state index is -0.284. The highest BCUT2D eigenvalue weighted by molar-refractivity contribution is 14.1. The van der Waals surface area contributed by atoms with E-state index in [4.69, 9.17) is 4.74 Å². The molecule has 1 heterocycles. The van der Waals surface area contributed by atoms with Gasteiger partial charge < -0.3 is 4.74 Å². The molecule has 0 saturated carbocycles. The number of benzene rings is 1. The number of hydrogen-bond acceptors (Lipinski definition) is 3. The molecule has 142 valence electrons. The van der Waals surface area contributed by atoms with E-state index in [1.54, 1.807) is 0 Å². The smallest absolute Gasteiger partial charge is 0.163 e. The predicted molar refractivity (Wildman–Crippen MR) is 113 cm³/mol. The SMILES string of the molecule is CC1(C)CC(=O)C2=C(C1)OC1=C(C(=O)CC(C)(C)C1)C2c1ccc(I)cc1. The van der Waals surface area contributed by atoms with Gasteiger partial charge in [0, 0.05) is 46.3 Å². The van der Waals surface area contributed by atoms with Crippen molar-refractivity contribution in [1.82, 2.24) is 0 Å². The first-order valence-corrected chi connectivity index (χ1v) is 10.6. The summed E-state index contributed by atoms with van der Waals surface area (Å²) in [4.78, 5) is 26.3. The highest BCUT2D eigenvalue weighted by Gasteiger charge is 2.47. The lowest BCUT2D eigenvalue weighted by atomic mass is 9.65. The second-order valence-corrected chi connectivity index (χ2v) is 10.9. The molecule has 2 aliphatic carbocycles. The Balaban J connectivity index is 1.90. The number of carbonyl (C=O) groups excluding carboxylic acids is 2. The van der Waals surface area contributed by atoms with Crippen molar-refractivity contribution in [2.24, 2.45) is 10.8 Å². The molecule has 0 saturated heterocycles. The van der Waals surface area contributed by atoms with E-state index >= 15 is 0 Å². The maximum atomic E-state index is 13.1. The number of carbonyl (C=O) groups is 2. The van der Waals surface area contributed by atoms with Crippen LogP contribution in [0.4, 0.5) is 0 Å². The minimum absolute atomic E-state index is 0.112. The summed E-state index contributed by atoms with van der Waals surface area (Å²) >= 11 is 2.28. The van der Waals surface area contributed by atoms with Gasteiger partial charge in [0.15, 0.2) is 11.6 Å². The molecule has 1 aromatic carbocycles. The van der Waals surface area contributed by atoms with Crippen LogP contribution in [0.25, 0.3) is 0 Å². The van der Waals surface area contributed by atoms with Gasteiger partial charge in [0.2, 0.25) is 0 Å². The number of halogens is 1. The molecule has 0 amide bonds. The van der Waals surface area contributed by atoms with Crippen molar-refractivity contribution in [3.8, 4) is 0 Å². The Labute approximate surface area is 174 Å². The lowest BCUT2D eigenvalue weighted by molar-refractivity contribution is -0.120. The van der Waals surface area contributed by atoms with Crippen molar-refractivity contribution in [2.45, 2.75) is 59.3 Å². The van der Waals surface area contributed by atoms with E-state index in [0.717, 1.165) is 33.5 Å². The van der Waals surface area contributed by atoms with Gasteiger partial charge in [-0.3, -0.25) is 9.59 Å². The third kappa shape index (κ3) is 3.41. The van der Waals surface area contributed by atoms with E-state index in [9.17, 15) is 9.59 Å². The maximum Gasteiger partial charge on any atom is 0.163 e. The molecule has 4 heteroatoms. The Morgan fingerprint density at radius 3 is 1.70 bits per heavy atom. The van der Waals surface area contributed by atoms with Crippen molar-refractivity contribution in [3.05, 3.63) is 56.1 Å². The highest BCUT2D eigenvalue weighted by atomic mass is 127. The van der Waals surface area contributed by atoms with Crippen LogP contribution in [0.5, 0.6) is 0 Å². The molecule has 0 spiro atoms. The normalized spacial score (nSPS) is 24.5. The topological polar surface area (TPSA) is 43.4 Å². The zero-order chi connectivity index (χ0) is 19.6. The van der Waals surface area contributed by atoms with Gasteiger partial charge in [-0.1, -0.05) is 39.8 Å². The molecule has 0 N–H and O–H groups in total. The second kappa shape index (κ2) is 6.29. The fourth-order valence-electron chi connectivity index (χ4n) is 4.66. The molecule has 1 aromatic rings. The highest BCUT2D eigenvalue weighted by Crippen LogP contribution is 2.53. The molecular formula is C23H25IO3. The van der Waals surface area contributed by atoms with Crippen LogP contribution in [0.3, 0.4) is 0 Å². The Hall–Kier alpha value is -1.43. The first kappa shape index (κ1) is 18.9. The zero-order valence-electron chi connectivity index (χ0n) is 16.3. The van der Waals surface area contributed by atoms with Gasteiger partial charge in [0.05, 0.1) is 0 Å². The fourth-order valence-corrected chi connectivity index (χ4v) is 5.02. The Kier molecular flexibility index (Phi) is 4.41. The van der Waals surface area contributed by atoms with E-state index in [0.29, 0.717) is 24.0 Å². The van der Waals surface area contributed by atoms with Gasteiger partial charge in [-0.15, -0.1) is 0 Å². The summed E-state index contributed by atoms with van der Waals surface area (Å²) in [5.41, 5.74) is 2.21. The molecule has 4 rings (SSSR count). The number of Topliss-reactive ketones (excluding diaryl/α,β-unsaturated/α-hetero) is 2. The molecule has 0 radical (unpaired) electrons. The maximum absolute atomic E-state index is 13.1. The van der Waals surface area contributed by atoms with E-state index in [1.165, 1.54) is 0 Å². The van der Waals surface area contributed by atoms with E-state index < -0.39 is 0 Å². The number of hydrogen-bond donors (Lipinski definition) is 0. The Bertz CT molecular complexity index is 848. The monoisotopic (exact) mass is 476 g/mol. The van der Waals surface area contributed by atoms with Crippen LogP contribution in [0.1, 0.15) is 64.9 Å². The largest absolute Gasteiger partial charge is 0.465 e. The first-order valence-electron chi connectivity index (χ1n) is 9.52. The van der Waals surface area contributed by atoms with Crippen LogP contribution in [-0.2, 0) is 14.3 Å². The number of ketones is 2. The Morgan fingerprint density at radius 2 is 1.26 bits per heavy atom. The summed E-state index contributed by atoms with van der Waals surface area (Å²) in [6.07, 6.45) is 2.47. The quantitative estimate of drug-likeness (QED) is 0.489. The molecule has 3 aliphatic rings. The number of allylic oxidation sites excluding steroid dienone is 4. The number of ether oxygens (including phenoxy) is 1. The molecule has 27 heavy (non-hydrogen) atoms. The lowest BCUT2D eigenvalue weighted by Gasteiger charge is -2.42. The first-order chi connectivity index (χ1) is 12.6. The van der Waals surface area contributed by atoms with Crippen molar-refractivity contribution >= 4 is 34.2 Å². The van der Waals surface area contributed by atoms with Crippen LogP contribution >= 0.6 is 22.6 Å². The molecule has 1 aliphatic heterocycles. The third-order valence-electron chi connectivity index (χ3n) is 5.79. The van der Waals surface area contributed by atoms with Crippen LogP contribution in [0.15, 0.2) is 46.9 Å². The average Bonchev–Trinajstić information content (AvgIpc) is 2.51. The molecular weight excluding hydrogens is 451 g/mol. The summed E-state index contributed by atoms with van der Waals surface area (Å²) in [5, 5.41) is 0. The van der Waals surface area contributed by atoms with Gasteiger partial charge in [-0.2, -0.15) is 0 Å². The standard InChI is InChI=1S/C23H25IO3/c1-22(2)9-15(25)20-17(11-22)27-18-12-23(3,4)10-16(26)21(18)19(20)13-5-7-14(24)8-6-13/h5-8,19H,9-12H2,1-4H3. The Morgan fingerprint density at radius 1 is 0.815 bits per heavy atom. The summed E-state index contributed by atoms with van der Waals surface area (Å²) in [6, 6.07) is 8.18. The van der Waals surface area contributed by atoms with E-state index in [1.807, 2.05) is 24.3 Å². The predicted octanol–water partition coefficient (Wildman–Crippen LogP) is 5.69. The van der Waals surface area contributed by atoms with Crippen molar-refractivity contribution in [1.29, 1.82) is 0 Å². The van der Waals surface area contributed by atoms with Gasteiger partial charge in [-0.05, 0) is 51.1 Å². The van der Waals surface area contributed by atoms with Crippen molar-refractivity contribution < 1.29 is 14.3 Å². The average molecular weight is 476 g/mol. The van der Waals surface area contributed by atoms with Crippen molar-refractivity contribution in [3.63, 3.8) is 0 Å². The fraction of sp³-hybridized carbons (Fsp3) is 0.478. The van der Waals surface area contributed by atoms with Crippen LogP contribution < -0.4 is 0 Å². The molecule has 0 fully saturated rings. The molecule has 0 aromatic heterocycles. The van der Waals surface area contributed by atoms with Gasteiger partial charge in [-0.25, -0.2) is 0 Å². The molecule has 0 atom stereocenters. The summed E-state index contributed by atoms with van der Waals surface area (Å²) in [7, 11) is 0. The molecule has 0 bridgehead atoms. The van der Waals surface area contributed by atoms with Crippen molar-refractivity contribution in [2.75, 3.05) is 0 Å². The van der Waals surface area contributed by atoms with Gasteiger partial charge >= 0.3 is 0 Å². The summed E-state index contributed by atoms with van der Waals surface area (Å²) in [5.74, 6) is 1.52. The third-order valence-corrected chi connectivity index (χ3v) is 6.50. The lowest BCUT2D eigenvalue weighted by Crippen LogP contribution is -2.37. The van der Waals surface area contributed by atoms with Gasteiger partial charge in [0.1, 0.15) is 11.5 Å². The van der Waals surface area contributed by atoms with E-state index in [2.05, 4.69) is 50.3 Å². The second-order valence-electron chi connectivity index (χ2n) is 9.64.